The molecule has 0 aliphatic heterocycles. The lowest BCUT2D eigenvalue weighted by Crippen LogP contribution is -2.41. The molecule has 1 atom stereocenters. The van der Waals surface area contributed by atoms with Crippen molar-refractivity contribution in [1.29, 1.82) is 0 Å². The summed E-state index contributed by atoms with van der Waals surface area (Å²) in [6, 6.07) is 11.4. The van der Waals surface area contributed by atoms with Crippen molar-refractivity contribution in [3.8, 4) is 0 Å². The van der Waals surface area contributed by atoms with Crippen molar-refractivity contribution < 1.29 is 4.52 Å². The van der Waals surface area contributed by atoms with Crippen LogP contribution in [0, 0.1) is 0 Å². The summed E-state index contributed by atoms with van der Waals surface area (Å²) in [6.07, 6.45) is 2.35. The van der Waals surface area contributed by atoms with Crippen LogP contribution in [0.1, 0.15) is 69.8 Å². The van der Waals surface area contributed by atoms with E-state index in [1.165, 1.54) is 18.4 Å². The van der Waals surface area contributed by atoms with Crippen LogP contribution in [0.25, 0.3) is 0 Å². The zero-order valence-corrected chi connectivity index (χ0v) is 13.8. The van der Waals surface area contributed by atoms with Crippen LogP contribution in [-0.4, -0.2) is 16.2 Å². The van der Waals surface area contributed by atoms with Gasteiger partial charge in [-0.15, -0.1) is 0 Å². The monoisotopic (exact) mass is 299 g/mol. The van der Waals surface area contributed by atoms with Crippen molar-refractivity contribution in [2.75, 3.05) is 0 Å². The zero-order valence-electron chi connectivity index (χ0n) is 13.8. The molecule has 0 saturated heterocycles. The molecule has 3 rings (SSSR count). The molecule has 0 amide bonds. The minimum atomic E-state index is -0.0731. The lowest BCUT2D eigenvalue weighted by atomic mass is 9.75. The maximum absolute atomic E-state index is 5.41. The lowest BCUT2D eigenvalue weighted by Gasteiger charge is -2.37. The van der Waals surface area contributed by atoms with E-state index >= 15 is 0 Å². The molecule has 1 aromatic heterocycles. The van der Waals surface area contributed by atoms with Gasteiger partial charge in [0.25, 0.3) is 0 Å². The summed E-state index contributed by atoms with van der Waals surface area (Å²) in [5, 5.41) is 7.70. The molecule has 1 aliphatic rings. The molecule has 22 heavy (non-hydrogen) atoms. The minimum absolute atomic E-state index is 0.0731. The van der Waals surface area contributed by atoms with Crippen molar-refractivity contribution in [3.63, 3.8) is 0 Å². The summed E-state index contributed by atoms with van der Waals surface area (Å²) in [7, 11) is 0. The van der Waals surface area contributed by atoms with Crippen LogP contribution in [0.15, 0.2) is 34.9 Å². The van der Waals surface area contributed by atoms with Gasteiger partial charge < -0.3 is 9.84 Å². The topological polar surface area (TPSA) is 51.0 Å². The van der Waals surface area contributed by atoms with E-state index < -0.39 is 0 Å². The number of nitrogens with one attached hydrogen (secondary N) is 1. The van der Waals surface area contributed by atoms with Crippen LogP contribution in [0.4, 0.5) is 0 Å². The highest BCUT2D eigenvalue weighted by Gasteiger charge is 2.32. The standard InChI is InChI=1S/C18H25N3O/c1-12(16-20-17(21-22-16)18(2,3)4)19-15-10-14(11-15)13-8-6-5-7-9-13/h5-9,12,14-15,19H,10-11H2,1-4H3. The number of hydrogen-bond donors (Lipinski definition) is 1. The third kappa shape index (κ3) is 3.22. The molecule has 1 N–H and O–H groups in total. The molecule has 118 valence electrons. The second-order valence-electron chi connectivity index (χ2n) is 7.37. The largest absolute Gasteiger partial charge is 0.338 e. The van der Waals surface area contributed by atoms with Gasteiger partial charge in [-0.25, -0.2) is 0 Å². The van der Waals surface area contributed by atoms with E-state index in [1.54, 1.807) is 0 Å². The van der Waals surface area contributed by atoms with Gasteiger partial charge in [-0.3, -0.25) is 0 Å². The molecule has 1 aliphatic carbocycles. The molecule has 1 unspecified atom stereocenters. The molecule has 0 spiro atoms. The van der Waals surface area contributed by atoms with Crippen LogP contribution in [0.3, 0.4) is 0 Å². The van der Waals surface area contributed by atoms with Gasteiger partial charge in [-0.05, 0) is 31.2 Å². The first kappa shape index (κ1) is 15.2. The van der Waals surface area contributed by atoms with Gasteiger partial charge >= 0.3 is 0 Å². The fourth-order valence-corrected chi connectivity index (χ4v) is 2.89. The third-order valence-electron chi connectivity index (χ3n) is 4.38. The maximum atomic E-state index is 5.41. The smallest absolute Gasteiger partial charge is 0.243 e. The Labute approximate surface area is 132 Å². The summed E-state index contributed by atoms with van der Waals surface area (Å²) in [6.45, 7) is 8.37. The average molecular weight is 299 g/mol. The number of nitrogens with zero attached hydrogens (tertiary/aromatic N) is 2. The van der Waals surface area contributed by atoms with Crippen molar-refractivity contribution >= 4 is 0 Å². The molecule has 4 nitrogen and oxygen atoms in total. The Hall–Kier alpha value is -1.68. The Morgan fingerprint density at radius 2 is 1.86 bits per heavy atom. The van der Waals surface area contributed by atoms with Crippen molar-refractivity contribution in [2.45, 2.75) is 64.0 Å². The number of hydrogen-bond acceptors (Lipinski definition) is 4. The maximum Gasteiger partial charge on any atom is 0.243 e. The summed E-state index contributed by atoms with van der Waals surface area (Å²) < 4.78 is 5.41. The predicted molar refractivity (Wildman–Crippen MR) is 86.8 cm³/mol. The second-order valence-corrected chi connectivity index (χ2v) is 7.37. The zero-order chi connectivity index (χ0) is 15.7. The van der Waals surface area contributed by atoms with Gasteiger partial charge in [-0.2, -0.15) is 4.98 Å². The van der Waals surface area contributed by atoms with Gasteiger partial charge in [-0.1, -0.05) is 56.3 Å². The Bertz CT molecular complexity index is 609. The van der Waals surface area contributed by atoms with Gasteiger partial charge in [0, 0.05) is 11.5 Å². The minimum Gasteiger partial charge on any atom is -0.338 e. The van der Waals surface area contributed by atoms with Gasteiger partial charge in [0.1, 0.15) is 0 Å². The summed E-state index contributed by atoms with van der Waals surface area (Å²) in [5.74, 6) is 2.14. The first-order chi connectivity index (χ1) is 10.4. The van der Waals surface area contributed by atoms with Gasteiger partial charge in [0.2, 0.25) is 5.89 Å². The quantitative estimate of drug-likeness (QED) is 0.928. The highest BCUT2D eigenvalue weighted by molar-refractivity contribution is 5.22. The van der Waals surface area contributed by atoms with E-state index in [0.29, 0.717) is 17.9 Å². The van der Waals surface area contributed by atoms with E-state index in [1.807, 2.05) is 0 Å². The number of aromatic nitrogens is 2. The van der Waals surface area contributed by atoms with E-state index in [2.05, 4.69) is 73.5 Å². The predicted octanol–water partition coefficient (Wildman–Crippen LogP) is 3.96. The normalized spacial score (nSPS) is 23.1. The summed E-state index contributed by atoms with van der Waals surface area (Å²) >= 11 is 0. The molecular formula is C18H25N3O. The molecule has 0 radical (unpaired) electrons. The van der Waals surface area contributed by atoms with Crippen LogP contribution >= 0.6 is 0 Å². The lowest BCUT2D eigenvalue weighted by molar-refractivity contribution is 0.245. The van der Waals surface area contributed by atoms with E-state index in [0.717, 1.165) is 5.82 Å². The van der Waals surface area contributed by atoms with Crippen LogP contribution in [0.5, 0.6) is 0 Å². The highest BCUT2D eigenvalue weighted by Crippen LogP contribution is 2.37. The van der Waals surface area contributed by atoms with E-state index in [9.17, 15) is 0 Å². The van der Waals surface area contributed by atoms with Gasteiger partial charge in [0.05, 0.1) is 6.04 Å². The van der Waals surface area contributed by atoms with E-state index in [4.69, 9.17) is 4.52 Å². The van der Waals surface area contributed by atoms with Crippen molar-refractivity contribution in [1.82, 2.24) is 15.5 Å². The molecule has 1 heterocycles. The fourth-order valence-electron chi connectivity index (χ4n) is 2.89. The Morgan fingerprint density at radius 1 is 1.18 bits per heavy atom. The molecule has 2 aromatic rings. The van der Waals surface area contributed by atoms with Gasteiger partial charge in [0.15, 0.2) is 5.82 Å². The molecular weight excluding hydrogens is 274 g/mol. The molecule has 4 heteroatoms. The second kappa shape index (κ2) is 5.84. The fraction of sp³-hybridized carbons (Fsp3) is 0.556. The van der Waals surface area contributed by atoms with Crippen molar-refractivity contribution in [3.05, 3.63) is 47.6 Å². The van der Waals surface area contributed by atoms with Crippen LogP contribution in [-0.2, 0) is 5.41 Å². The highest BCUT2D eigenvalue weighted by atomic mass is 16.5. The van der Waals surface area contributed by atoms with Crippen molar-refractivity contribution in [2.24, 2.45) is 0 Å². The van der Waals surface area contributed by atoms with Crippen LogP contribution < -0.4 is 5.32 Å². The van der Waals surface area contributed by atoms with Crippen LogP contribution in [0.2, 0.25) is 0 Å². The number of rotatable bonds is 4. The first-order valence-corrected chi connectivity index (χ1v) is 8.08. The first-order valence-electron chi connectivity index (χ1n) is 8.08. The Balaban J connectivity index is 1.53. The number of benzene rings is 1. The Morgan fingerprint density at radius 3 is 2.45 bits per heavy atom. The summed E-state index contributed by atoms with van der Waals surface area (Å²) in [5.41, 5.74) is 1.37. The SMILES string of the molecule is CC(NC1CC(c2ccccc2)C1)c1nc(C(C)(C)C)no1. The molecule has 0 bridgehead atoms. The molecule has 1 aromatic carbocycles. The molecule has 1 saturated carbocycles. The average Bonchev–Trinajstić information content (AvgIpc) is 2.93. The van der Waals surface area contributed by atoms with E-state index in [-0.39, 0.29) is 11.5 Å². The Kier molecular flexibility index (Phi) is 4.04. The third-order valence-corrected chi connectivity index (χ3v) is 4.38. The molecule has 1 fully saturated rings. The summed E-state index contributed by atoms with van der Waals surface area (Å²) in [4.78, 5) is 4.53.